The number of aromatic nitrogens is 5. The molecule has 42 heavy (non-hydrogen) atoms. The van der Waals surface area contributed by atoms with E-state index in [9.17, 15) is 13.6 Å². The minimum atomic E-state index is -2.58. The van der Waals surface area contributed by atoms with Gasteiger partial charge in [0.15, 0.2) is 0 Å². The summed E-state index contributed by atoms with van der Waals surface area (Å²) in [5.41, 5.74) is 5.46. The molecule has 0 amide bonds. The van der Waals surface area contributed by atoms with E-state index in [2.05, 4.69) is 33.3 Å². The highest BCUT2D eigenvalue weighted by Crippen LogP contribution is 2.35. The van der Waals surface area contributed by atoms with Crippen LogP contribution >= 0.6 is 11.6 Å². The zero-order valence-corrected chi connectivity index (χ0v) is 24.6. The smallest absolute Gasteiger partial charge is 0.307 e. The van der Waals surface area contributed by atoms with Crippen LogP contribution in [0.25, 0.3) is 16.9 Å². The van der Waals surface area contributed by atoms with Crippen molar-refractivity contribution < 1.29 is 8.78 Å². The van der Waals surface area contributed by atoms with Gasteiger partial charge >= 0.3 is 6.55 Å². The van der Waals surface area contributed by atoms with Gasteiger partial charge in [0.1, 0.15) is 0 Å². The van der Waals surface area contributed by atoms with Gasteiger partial charge in [0.25, 0.3) is 5.56 Å². The molecule has 3 N–H and O–H groups in total. The van der Waals surface area contributed by atoms with E-state index in [0.29, 0.717) is 41.7 Å². The second-order valence-electron chi connectivity index (χ2n) is 12.0. The van der Waals surface area contributed by atoms with Gasteiger partial charge in [0.2, 0.25) is 0 Å². The van der Waals surface area contributed by atoms with Crippen LogP contribution < -0.4 is 21.6 Å². The standard InChI is InChI=1S/C29H38ClF2N9O/c1-17-4-3-5-26(23-10-19(8-9-33-23)28-24(34-13-17)14-36-41(28)29(31)32)39-16-35-22(12-27(39)42)21-11-20(30)6-7-25(21)40-15-18(2)37-38-40/h6-7,11-12,15-17,19,23-24,26,28-29,33-34,36H,3-5,8-10,13-14H2,1-2H3/t17-,19?,23?,24?,26+,28?/m1/s1. The van der Waals surface area contributed by atoms with E-state index in [1.165, 1.54) is 0 Å². The highest BCUT2D eigenvalue weighted by Gasteiger charge is 2.45. The summed E-state index contributed by atoms with van der Waals surface area (Å²) < 4.78 is 31.5. The summed E-state index contributed by atoms with van der Waals surface area (Å²) in [5, 5.41) is 17.2. The molecule has 6 atom stereocenters. The van der Waals surface area contributed by atoms with Crippen LogP contribution in [0.2, 0.25) is 5.02 Å². The molecule has 226 valence electrons. The molecule has 3 aliphatic heterocycles. The number of halogens is 3. The minimum absolute atomic E-state index is 0.0375. The molecule has 0 radical (unpaired) electrons. The Kier molecular flexibility index (Phi) is 8.69. The van der Waals surface area contributed by atoms with Crippen LogP contribution in [0.15, 0.2) is 41.6 Å². The van der Waals surface area contributed by atoms with E-state index in [1.54, 1.807) is 40.0 Å². The highest BCUT2D eigenvalue weighted by atomic mass is 35.5. The third-order valence-electron chi connectivity index (χ3n) is 9.07. The number of hydrogen-bond donors (Lipinski definition) is 3. The molecule has 2 bridgehead atoms. The lowest BCUT2D eigenvalue weighted by Gasteiger charge is -2.42. The largest absolute Gasteiger partial charge is 0.312 e. The topological polar surface area (TPSA) is 105 Å². The summed E-state index contributed by atoms with van der Waals surface area (Å²) >= 11 is 6.35. The number of rotatable bonds is 4. The first-order chi connectivity index (χ1) is 20.3. The third-order valence-corrected chi connectivity index (χ3v) is 9.31. The van der Waals surface area contributed by atoms with Gasteiger partial charge in [0, 0.05) is 41.3 Å². The van der Waals surface area contributed by atoms with E-state index in [4.69, 9.17) is 16.6 Å². The number of hydrazine groups is 1. The van der Waals surface area contributed by atoms with Crippen LogP contribution in [-0.4, -0.2) is 73.9 Å². The predicted octanol–water partition coefficient (Wildman–Crippen LogP) is 3.55. The lowest BCUT2D eigenvalue weighted by Crippen LogP contribution is -2.56. The quantitative estimate of drug-likeness (QED) is 0.390. The molecule has 5 heterocycles. The number of piperidine rings is 1. The zero-order chi connectivity index (χ0) is 29.4. The Morgan fingerprint density at radius 1 is 1.10 bits per heavy atom. The van der Waals surface area contributed by atoms with Crippen molar-refractivity contribution in [2.75, 3.05) is 19.6 Å². The molecule has 3 aromatic rings. The van der Waals surface area contributed by atoms with Crippen molar-refractivity contribution in [3.05, 3.63) is 57.9 Å². The molecule has 3 saturated heterocycles. The molecular formula is C29H38ClF2N9O. The maximum absolute atomic E-state index is 14.1. The van der Waals surface area contributed by atoms with Crippen LogP contribution in [0, 0.1) is 18.8 Å². The van der Waals surface area contributed by atoms with E-state index in [0.717, 1.165) is 48.6 Å². The van der Waals surface area contributed by atoms with E-state index >= 15 is 0 Å². The van der Waals surface area contributed by atoms with Gasteiger partial charge < -0.3 is 10.6 Å². The molecule has 0 spiro atoms. The first-order valence-corrected chi connectivity index (χ1v) is 15.2. The Balaban J connectivity index is 1.33. The molecular weight excluding hydrogens is 564 g/mol. The Morgan fingerprint density at radius 3 is 2.71 bits per heavy atom. The lowest BCUT2D eigenvalue weighted by atomic mass is 9.79. The maximum Gasteiger partial charge on any atom is 0.307 e. The fourth-order valence-corrected chi connectivity index (χ4v) is 7.18. The first-order valence-electron chi connectivity index (χ1n) is 14.8. The summed E-state index contributed by atoms with van der Waals surface area (Å²) in [6.45, 7) is 3.46. The molecule has 4 unspecified atom stereocenters. The molecule has 1 aromatic carbocycles. The summed E-state index contributed by atoms with van der Waals surface area (Å²) in [5.74, 6) is 0.441. The highest BCUT2D eigenvalue weighted by molar-refractivity contribution is 6.31. The fourth-order valence-electron chi connectivity index (χ4n) is 7.01. The van der Waals surface area contributed by atoms with Crippen molar-refractivity contribution in [3.8, 4) is 16.9 Å². The summed E-state index contributed by atoms with van der Waals surface area (Å²) in [6.07, 6.45) is 7.66. The Morgan fingerprint density at radius 2 is 1.95 bits per heavy atom. The number of fused-ring (bicyclic) bond motifs is 4. The second-order valence-corrected chi connectivity index (χ2v) is 12.4. The van der Waals surface area contributed by atoms with Crippen molar-refractivity contribution in [2.24, 2.45) is 11.8 Å². The van der Waals surface area contributed by atoms with Crippen LogP contribution in [0.4, 0.5) is 8.78 Å². The average molecular weight is 602 g/mol. The SMILES string of the molecule is Cc1cn(-c2ccc(Cl)cc2-c2cc(=O)n([C@H]3CCC[C@@H](C)CNC4CNN(C(F)F)C4C4CCNC3C4)cn2)nn1. The van der Waals surface area contributed by atoms with Gasteiger partial charge in [-0.05, 0) is 75.7 Å². The predicted molar refractivity (Wildman–Crippen MR) is 157 cm³/mol. The van der Waals surface area contributed by atoms with E-state index in [1.807, 2.05) is 13.0 Å². The van der Waals surface area contributed by atoms with Gasteiger partial charge in [-0.2, -0.15) is 13.8 Å². The summed E-state index contributed by atoms with van der Waals surface area (Å²) in [6, 6.07) is 6.38. The minimum Gasteiger partial charge on any atom is -0.312 e. The monoisotopic (exact) mass is 601 g/mol. The van der Waals surface area contributed by atoms with Crippen LogP contribution in [0.5, 0.6) is 0 Å². The molecule has 10 nitrogen and oxygen atoms in total. The molecule has 0 saturated carbocycles. The van der Waals surface area contributed by atoms with Crippen molar-refractivity contribution in [3.63, 3.8) is 0 Å². The summed E-state index contributed by atoms with van der Waals surface area (Å²) in [7, 11) is 0. The Labute approximate surface area is 248 Å². The third kappa shape index (κ3) is 6.00. The van der Waals surface area contributed by atoms with Crippen LogP contribution in [0.1, 0.15) is 50.8 Å². The molecule has 3 aliphatic rings. The number of hydrogen-bond acceptors (Lipinski definition) is 8. The summed E-state index contributed by atoms with van der Waals surface area (Å²) in [4.78, 5) is 18.5. The lowest BCUT2D eigenvalue weighted by molar-refractivity contribution is -0.0841. The normalized spacial score (nSPS) is 29.2. The fraction of sp³-hybridized carbons (Fsp3) is 0.586. The van der Waals surface area contributed by atoms with Crippen molar-refractivity contribution in [1.29, 1.82) is 0 Å². The zero-order valence-electron chi connectivity index (χ0n) is 23.9. The Hall–Kier alpha value is -2.77. The molecule has 13 heteroatoms. The molecule has 3 fully saturated rings. The van der Waals surface area contributed by atoms with Gasteiger partial charge in [-0.15, -0.1) is 5.10 Å². The van der Waals surface area contributed by atoms with Crippen molar-refractivity contribution >= 4 is 11.6 Å². The van der Waals surface area contributed by atoms with Gasteiger partial charge in [-0.25, -0.2) is 15.1 Å². The number of nitrogens with zero attached hydrogens (tertiary/aromatic N) is 6. The number of benzene rings is 1. The first kappa shape index (κ1) is 29.3. The second kappa shape index (κ2) is 12.5. The van der Waals surface area contributed by atoms with Gasteiger partial charge in [-0.3, -0.25) is 9.36 Å². The van der Waals surface area contributed by atoms with Gasteiger partial charge in [0.05, 0.1) is 35.6 Å². The average Bonchev–Trinajstić information content (AvgIpc) is 3.60. The van der Waals surface area contributed by atoms with Gasteiger partial charge in [-0.1, -0.05) is 30.2 Å². The van der Waals surface area contributed by atoms with Crippen LogP contribution in [0.3, 0.4) is 0 Å². The Bertz CT molecular complexity index is 1450. The maximum atomic E-state index is 14.1. The number of alkyl halides is 2. The van der Waals surface area contributed by atoms with Crippen molar-refractivity contribution in [1.82, 2.24) is 45.6 Å². The van der Waals surface area contributed by atoms with Crippen LogP contribution in [-0.2, 0) is 0 Å². The number of aryl methyl sites for hydroxylation is 1. The molecule has 0 aliphatic carbocycles. The molecule has 2 aromatic heterocycles. The van der Waals surface area contributed by atoms with E-state index < -0.39 is 6.55 Å². The van der Waals surface area contributed by atoms with Crippen molar-refractivity contribution in [2.45, 2.75) is 76.7 Å². The molecule has 6 rings (SSSR count). The van der Waals surface area contributed by atoms with E-state index in [-0.39, 0.29) is 35.6 Å². The number of nitrogens with one attached hydrogen (secondary N) is 3.